The quantitative estimate of drug-likeness (QED) is 0.661. The van der Waals surface area contributed by atoms with Crippen molar-refractivity contribution < 1.29 is 14.5 Å². The van der Waals surface area contributed by atoms with Crippen LogP contribution < -0.4 is 10.2 Å². The Morgan fingerprint density at radius 2 is 1.93 bits per heavy atom. The molecule has 1 atom stereocenters. The number of nitro groups is 1. The fraction of sp³-hybridized carbons (Fsp3) is 0.300. The van der Waals surface area contributed by atoms with Crippen LogP contribution in [0, 0.1) is 36.8 Å². The Hall–Kier alpha value is -3.22. The van der Waals surface area contributed by atoms with Gasteiger partial charge in [0.1, 0.15) is 0 Å². The van der Waals surface area contributed by atoms with Gasteiger partial charge >= 0.3 is 0 Å². The first-order chi connectivity index (χ1) is 12.8. The molecule has 2 aromatic rings. The van der Waals surface area contributed by atoms with Crippen LogP contribution in [0.3, 0.4) is 0 Å². The molecule has 0 aromatic heterocycles. The lowest BCUT2D eigenvalue weighted by atomic mass is 10.1. The van der Waals surface area contributed by atoms with Crippen molar-refractivity contribution in [1.29, 1.82) is 0 Å². The van der Waals surface area contributed by atoms with Gasteiger partial charge in [-0.1, -0.05) is 18.2 Å². The molecule has 0 bridgehead atoms. The molecule has 0 spiro atoms. The largest absolute Gasteiger partial charge is 0.325 e. The Morgan fingerprint density at radius 1 is 1.19 bits per heavy atom. The number of carbonyl (C=O) groups is 2. The Kier molecular flexibility index (Phi) is 4.94. The number of nitrogens with one attached hydrogen (secondary N) is 1. The number of nitro benzene ring substituents is 1. The van der Waals surface area contributed by atoms with Gasteiger partial charge < -0.3 is 10.2 Å². The molecule has 0 aliphatic carbocycles. The van der Waals surface area contributed by atoms with Crippen LogP contribution in [-0.4, -0.2) is 23.3 Å². The Bertz CT molecular complexity index is 939. The summed E-state index contributed by atoms with van der Waals surface area (Å²) in [5.74, 6) is -0.907. The molecule has 1 fully saturated rings. The van der Waals surface area contributed by atoms with Crippen LogP contribution >= 0.6 is 0 Å². The minimum Gasteiger partial charge on any atom is -0.325 e. The summed E-state index contributed by atoms with van der Waals surface area (Å²) < 4.78 is 0. The van der Waals surface area contributed by atoms with E-state index in [9.17, 15) is 19.7 Å². The van der Waals surface area contributed by atoms with Crippen LogP contribution in [0.25, 0.3) is 0 Å². The fourth-order valence-corrected chi connectivity index (χ4v) is 3.24. The Morgan fingerprint density at radius 3 is 2.63 bits per heavy atom. The van der Waals surface area contributed by atoms with Crippen molar-refractivity contribution in [2.24, 2.45) is 5.92 Å². The van der Waals surface area contributed by atoms with Gasteiger partial charge in [0.05, 0.1) is 16.5 Å². The highest BCUT2D eigenvalue weighted by Gasteiger charge is 2.36. The van der Waals surface area contributed by atoms with Crippen molar-refractivity contribution in [3.8, 4) is 0 Å². The summed E-state index contributed by atoms with van der Waals surface area (Å²) in [6.45, 7) is 6.00. The van der Waals surface area contributed by atoms with Crippen LogP contribution in [0.15, 0.2) is 36.4 Å². The maximum atomic E-state index is 12.7. The number of anilines is 2. The molecule has 1 saturated heterocycles. The van der Waals surface area contributed by atoms with E-state index in [0.29, 0.717) is 12.2 Å². The number of hydrogen-bond donors (Lipinski definition) is 1. The van der Waals surface area contributed by atoms with Crippen LogP contribution in [0.4, 0.5) is 17.1 Å². The van der Waals surface area contributed by atoms with E-state index in [4.69, 9.17) is 0 Å². The van der Waals surface area contributed by atoms with E-state index in [1.807, 2.05) is 32.0 Å². The smallest absolute Gasteiger partial charge is 0.271 e. The highest BCUT2D eigenvalue weighted by Crippen LogP contribution is 2.30. The lowest BCUT2D eigenvalue weighted by Gasteiger charge is -2.20. The van der Waals surface area contributed by atoms with E-state index in [1.54, 1.807) is 17.9 Å². The lowest BCUT2D eigenvalue weighted by molar-refractivity contribution is -0.384. The van der Waals surface area contributed by atoms with Gasteiger partial charge in [-0.05, 0) is 43.5 Å². The van der Waals surface area contributed by atoms with Gasteiger partial charge in [0, 0.05) is 30.8 Å². The summed E-state index contributed by atoms with van der Waals surface area (Å²) in [5.41, 5.74) is 3.95. The third-order valence-corrected chi connectivity index (χ3v) is 5.05. The predicted octanol–water partition coefficient (Wildman–Crippen LogP) is 3.51. The van der Waals surface area contributed by atoms with Crippen LogP contribution in [-0.2, 0) is 9.59 Å². The number of benzene rings is 2. The monoisotopic (exact) mass is 367 g/mol. The molecular weight excluding hydrogens is 346 g/mol. The van der Waals surface area contributed by atoms with Crippen molar-refractivity contribution in [3.63, 3.8) is 0 Å². The maximum Gasteiger partial charge on any atom is 0.271 e. The predicted molar refractivity (Wildman–Crippen MR) is 103 cm³/mol. The molecule has 7 heteroatoms. The van der Waals surface area contributed by atoms with E-state index in [0.717, 1.165) is 22.4 Å². The molecule has 0 radical (unpaired) electrons. The SMILES string of the molecule is Cc1ccc([N+](=O)[O-])cc1NC(=O)C1CC(=O)N(c2cccc(C)c2C)C1. The number of rotatable bonds is 4. The average molecular weight is 367 g/mol. The summed E-state index contributed by atoms with van der Waals surface area (Å²) in [4.78, 5) is 37.2. The molecule has 27 heavy (non-hydrogen) atoms. The summed E-state index contributed by atoms with van der Waals surface area (Å²) in [5, 5.41) is 13.7. The lowest BCUT2D eigenvalue weighted by Crippen LogP contribution is -2.28. The standard InChI is InChI=1S/C20H21N3O4/c1-12-5-4-6-18(14(12)3)22-11-15(9-19(22)24)20(25)21-17-10-16(23(26)27)8-7-13(17)2/h4-8,10,15H,9,11H2,1-3H3,(H,21,25). The first-order valence-corrected chi connectivity index (χ1v) is 8.70. The van der Waals surface area contributed by atoms with Gasteiger partial charge in [-0.15, -0.1) is 0 Å². The molecule has 1 unspecified atom stereocenters. The first-order valence-electron chi connectivity index (χ1n) is 8.70. The van der Waals surface area contributed by atoms with Crippen LogP contribution in [0.5, 0.6) is 0 Å². The molecule has 1 aliphatic heterocycles. The molecule has 140 valence electrons. The molecule has 3 rings (SSSR count). The molecule has 7 nitrogen and oxygen atoms in total. The molecule has 1 aliphatic rings. The third kappa shape index (κ3) is 3.67. The second-order valence-electron chi connectivity index (χ2n) is 6.87. The Labute approximate surface area is 157 Å². The molecule has 2 amide bonds. The van der Waals surface area contributed by atoms with E-state index in [-0.39, 0.29) is 23.9 Å². The highest BCUT2D eigenvalue weighted by atomic mass is 16.6. The second kappa shape index (κ2) is 7.19. The van der Waals surface area contributed by atoms with E-state index in [1.165, 1.54) is 12.1 Å². The topological polar surface area (TPSA) is 92.5 Å². The van der Waals surface area contributed by atoms with E-state index in [2.05, 4.69) is 5.32 Å². The number of amides is 2. The summed E-state index contributed by atoms with van der Waals surface area (Å²) in [6.07, 6.45) is 0.118. The van der Waals surface area contributed by atoms with E-state index >= 15 is 0 Å². The minimum atomic E-state index is -0.504. The van der Waals surface area contributed by atoms with Crippen molar-refractivity contribution >= 4 is 28.9 Å². The van der Waals surface area contributed by atoms with Crippen molar-refractivity contribution in [2.75, 3.05) is 16.8 Å². The van der Waals surface area contributed by atoms with Crippen molar-refractivity contribution in [1.82, 2.24) is 0 Å². The maximum absolute atomic E-state index is 12.7. The number of carbonyl (C=O) groups excluding carboxylic acids is 2. The summed E-state index contributed by atoms with van der Waals surface area (Å²) in [7, 11) is 0. The number of non-ortho nitro benzene ring substituents is 1. The molecular formula is C20H21N3O4. The van der Waals surface area contributed by atoms with Gasteiger partial charge in [0.25, 0.3) is 5.69 Å². The fourth-order valence-electron chi connectivity index (χ4n) is 3.24. The number of nitrogens with zero attached hydrogens (tertiary/aromatic N) is 2. The Balaban J connectivity index is 1.78. The first kappa shape index (κ1) is 18.6. The normalized spacial score (nSPS) is 16.5. The summed E-state index contributed by atoms with van der Waals surface area (Å²) in [6, 6.07) is 10.1. The zero-order chi connectivity index (χ0) is 19.7. The zero-order valence-electron chi connectivity index (χ0n) is 15.5. The summed E-state index contributed by atoms with van der Waals surface area (Å²) >= 11 is 0. The van der Waals surface area contributed by atoms with Crippen LogP contribution in [0.2, 0.25) is 0 Å². The van der Waals surface area contributed by atoms with Gasteiger partial charge in [-0.25, -0.2) is 0 Å². The molecule has 2 aromatic carbocycles. The number of hydrogen-bond acceptors (Lipinski definition) is 4. The van der Waals surface area contributed by atoms with Crippen molar-refractivity contribution in [3.05, 3.63) is 63.2 Å². The molecule has 0 saturated carbocycles. The van der Waals surface area contributed by atoms with Gasteiger partial charge in [-0.2, -0.15) is 0 Å². The van der Waals surface area contributed by atoms with Gasteiger partial charge in [0.2, 0.25) is 11.8 Å². The van der Waals surface area contributed by atoms with Crippen molar-refractivity contribution in [2.45, 2.75) is 27.2 Å². The molecule has 1 N–H and O–H groups in total. The number of aryl methyl sites for hydroxylation is 2. The zero-order valence-corrected chi connectivity index (χ0v) is 15.5. The molecule has 1 heterocycles. The van der Waals surface area contributed by atoms with Crippen LogP contribution in [0.1, 0.15) is 23.1 Å². The second-order valence-corrected chi connectivity index (χ2v) is 6.87. The third-order valence-electron chi connectivity index (χ3n) is 5.05. The van der Waals surface area contributed by atoms with Gasteiger partial charge in [0.15, 0.2) is 0 Å². The average Bonchev–Trinajstić information content (AvgIpc) is 3.01. The minimum absolute atomic E-state index is 0.0876. The highest BCUT2D eigenvalue weighted by molar-refractivity contribution is 6.04. The van der Waals surface area contributed by atoms with E-state index < -0.39 is 10.8 Å². The van der Waals surface area contributed by atoms with Gasteiger partial charge in [-0.3, -0.25) is 19.7 Å².